The van der Waals surface area contributed by atoms with Gasteiger partial charge in [0.15, 0.2) is 18.3 Å². The minimum Gasteiger partial charge on any atom is -0.503 e. The third-order valence-electron chi connectivity index (χ3n) is 17.2. The predicted octanol–water partition coefficient (Wildman–Crippen LogP) is 5.79. The Morgan fingerprint density at radius 1 is 0.821 bits per heavy atom. The zero-order chi connectivity index (χ0) is 57.4. The van der Waals surface area contributed by atoms with Crippen molar-refractivity contribution in [2.45, 2.75) is 231 Å². The molecule has 3 aromatic rings. The van der Waals surface area contributed by atoms with Crippen LogP contribution in [0.25, 0.3) is 11.3 Å². The number of carbonyl (C=O) groups is 2. The lowest BCUT2D eigenvalue weighted by atomic mass is 9.74. The molecule has 0 spiro atoms. The number of aliphatic hydroxyl groups is 4. The number of cyclic esters (lactones) is 1. The van der Waals surface area contributed by atoms with Gasteiger partial charge < -0.3 is 63.3 Å². The Kier molecular flexibility index (Phi) is 21.8. The Bertz CT molecular complexity index is 2450. The van der Waals surface area contributed by atoms with Crippen molar-refractivity contribution in [1.82, 2.24) is 24.5 Å². The summed E-state index contributed by atoms with van der Waals surface area (Å²) in [6.45, 7) is 18.8. The predicted molar refractivity (Wildman–Crippen MR) is 290 cm³/mol. The van der Waals surface area contributed by atoms with E-state index in [2.05, 4.69) is 15.2 Å². The number of aromatic nitrogens is 4. The Labute approximate surface area is 460 Å². The summed E-state index contributed by atoms with van der Waals surface area (Å²) < 4.78 is 48.3. The van der Waals surface area contributed by atoms with Crippen LogP contribution >= 0.6 is 0 Å². The lowest BCUT2D eigenvalue weighted by molar-refractivity contribution is -0.319. The fourth-order valence-corrected chi connectivity index (χ4v) is 12.0. The molecule has 3 saturated heterocycles. The highest BCUT2D eigenvalue weighted by molar-refractivity contribution is 5.83. The fraction of sp³-hybridized carbons (Fsp3) is 0.741. The van der Waals surface area contributed by atoms with Crippen molar-refractivity contribution in [2.24, 2.45) is 23.7 Å². The van der Waals surface area contributed by atoms with Gasteiger partial charge in [-0.25, -0.2) is 0 Å². The molecular weight excluding hydrogens is 1010 g/mol. The van der Waals surface area contributed by atoms with Crippen LogP contribution in [0.15, 0.2) is 53.6 Å². The lowest BCUT2D eigenvalue weighted by Crippen LogP contribution is -2.61. The molecular formula is C58H91N5O15. The first-order valence-electron chi connectivity index (χ1n) is 28.1. The Morgan fingerprint density at radius 3 is 2.13 bits per heavy atom. The van der Waals surface area contributed by atoms with Gasteiger partial charge in [-0.15, -0.1) is 5.10 Å². The second kappa shape index (κ2) is 27.1. The minimum absolute atomic E-state index is 0.0636. The van der Waals surface area contributed by atoms with E-state index < -0.39 is 108 Å². The molecule has 0 aliphatic carbocycles. The molecule has 78 heavy (non-hydrogen) atoms. The number of nitrogens with zero attached hydrogens (tertiary/aromatic N) is 5. The van der Waals surface area contributed by atoms with Crippen LogP contribution in [0.2, 0.25) is 0 Å². The van der Waals surface area contributed by atoms with Crippen LogP contribution in [-0.4, -0.2) is 167 Å². The van der Waals surface area contributed by atoms with E-state index in [0.717, 1.165) is 55.5 Å². The summed E-state index contributed by atoms with van der Waals surface area (Å²) in [5, 5.41) is 65.4. The summed E-state index contributed by atoms with van der Waals surface area (Å²) in [7, 11) is 4.95. The Morgan fingerprint density at radius 2 is 1.47 bits per heavy atom. The number of likely N-dealkylation sites (N-methyl/N-ethyl adjacent to an activating group) is 1. The van der Waals surface area contributed by atoms with Gasteiger partial charge in [0.2, 0.25) is 0 Å². The molecule has 438 valence electrons. The molecule has 0 bridgehead atoms. The number of Topliss-reactive ketones (excluding diaryl/α,β-unsaturated/α-hetero) is 1. The molecule has 0 unspecified atom stereocenters. The van der Waals surface area contributed by atoms with Crippen LogP contribution in [0.4, 0.5) is 0 Å². The number of pyridine rings is 1. The average molecular weight is 1100 g/mol. The maximum atomic E-state index is 14.5. The van der Waals surface area contributed by atoms with Gasteiger partial charge in [-0.2, -0.15) is 0 Å². The fourth-order valence-electron chi connectivity index (χ4n) is 12.0. The zero-order valence-electron chi connectivity index (χ0n) is 48.3. The van der Waals surface area contributed by atoms with E-state index >= 15 is 0 Å². The van der Waals surface area contributed by atoms with Crippen molar-refractivity contribution in [3.05, 3.63) is 64.7 Å². The molecule has 0 radical (unpaired) electrons. The van der Waals surface area contributed by atoms with Gasteiger partial charge in [-0.05, 0) is 98.4 Å². The zero-order valence-corrected chi connectivity index (χ0v) is 48.3. The molecule has 3 fully saturated rings. The number of aliphatic hydroxyl groups excluding tert-OH is 3. The van der Waals surface area contributed by atoms with Crippen LogP contribution in [0.5, 0.6) is 5.75 Å². The quantitative estimate of drug-likeness (QED) is 0.0704. The summed E-state index contributed by atoms with van der Waals surface area (Å²) in [4.78, 5) is 42.9. The van der Waals surface area contributed by atoms with Crippen molar-refractivity contribution in [1.29, 1.82) is 0 Å². The number of aryl methyl sites for hydroxylation is 2. The topological polar surface area (TPSA) is 256 Å². The van der Waals surface area contributed by atoms with Gasteiger partial charge in [-0.1, -0.05) is 76.4 Å². The first kappa shape index (κ1) is 63.0. The van der Waals surface area contributed by atoms with Gasteiger partial charge in [-0.3, -0.25) is 24.0 Å². The SMILES string of the molecule is CC[C@H]1OC(=O)[C@H](C)[C@@H](O[C@H]2C[C@@](C)(OC)[C@@H](O)[C@H](C)O2)[C@H](C)[C@@H](O[C@@H]2O[C@H](C)C[C@H](N(C)Cc3ccc(-c4cn(CCCCCCCn5cccc(O)c5=O)nn4)cc3)[C@H]2O)[C@](C)(OC)C[C@@H](C)C(=O)[C@H](C)[C@@H](O)[C@]1(C)O. The van der Waals surface area contributed by atoms with E-state index in [1.807, 2.05) is 56.0 Å². The van der Waals surface area contributed by atoms with Crippen LogP contribution in [-0.2, 0) is 62.4 Å². The smallest absolute Gasteiger partial charge is 0.311 e. The third kappa shape index (κ3) is 14.6. The highest BCUT2D eigenvalue weighted by Crippen LogP contribution is 2.42. The number of aromatic hydroxyl groups is 1. The molecule has 3 aliphatic heterocycles. The van der Waals surface area contributed by atoms with E-state index in [0.29, 0.717) is 19.5 Å². The maximum Gasteiger partial charge on any atom is 0.311 e. The van der Waals surface area contributed by atoms with E-state index in [1.54, 1.807) is 60.7 Å². The van der Waals surface area contributed by atoms with E-state index in [-0.39, 0.29) is 42.5 Å². The second-order valence-electron chi connectivity index (χ2n) is 23.3. The number of carbonyl (C=O) groups excluding carboxylic acids is 2. The van der Waals surface area contributed by atoms with Gasteiger partial charge in [0, 0.05) is 75.8 Å². The number of unbranched alkanes of at least 4 members (excludes halogenated alkanes) is 4. The molecule has 0 saturated carbocycles. The summed E-state index contributed by atoms with van der Waals surface area (Å²) in [5.41, 5.74) is -2.11. The Balaban J connectivity index is 1.19. The standard InChI is InChI=1S/C58H91N5O15/c1-14-45-58(10,71)50(67)36(4)47(65)34(2)30-57(9,73-13)52(37(5)49(38(6)54(70)76-45)77-46-31-56(8,72-12)51(68)39(7)75-46)78-55-48(66)43(29-35(3)74-55)61(11)32-40-22-24-41(25-23-40)42-33-63(60-59-42)28-19-17-15-16-18-26-62-27-20-21-44(64)53(62)69/h20-25,27,33-39,43,45-46,48-52,55,64,66-68,71H,14-19,26,28-32H2,1-13H3/t34-,35-,36+,37+,38-,39+,43+,45-,46+,48-,49+,50-,51+,52-,55+,56-,57-,58-/m1/s1. The number of methoxy groups -OCH3 is 2. The van der Waals surface area contributed by atoms with Gasteiger partial charge in [0.1, 0.15) is 35.4 Å². The van der Waals surface area contributed by atoms with E-state index in [4.69, 9.17) is 33.2 Å². The molecule has 5 N–H and O–H groups in total. The summed E-state index contributed by atoms with van der Waals surface area (Å²) in [6, 6.07) is 10.7. The molecule has 1 aromatic carbocycles. The van der Waals surface area contributed by atoms with Gasteiger partial charge >= 0.3 is 5.97 Å². The van der Waals surface area contributed by atoms with Crippen LogP contribution in [0.1, 0.15) is 133 Å². The van der Waals surface area contributed by atoms with Crippen molar-refractivity contribution >= 4 is 11.8 Å². The molecule has 0 amide bonds. The van der Waals surface area contributed by atoms with Crippen LogP contribution in [0.3, 0.4) is 0 Å². The van der Waals surface area contributed by atoms with Crippen LogP contribution < -0.4 is 5.56 Å². The number of rotatable bonds is 19. The highest BCUT2D eigenvalue weighted by atomic mass is 16.7. The largest absolute Gasteiger partial charge is 0.503 e. The summed E-state index contributed by atoms with van der Waals surface area (Å²) in [5.74, 6) is -4.98. The second-order valence-corrected chi connectivity index (χ2v) is 23.3. The third-order valence-corrected chi connectivity index (χ3v) is 17.2. The molecule has 2 aromatic heterocycles. The van der Waals surface area contributed by atoms with E-state index in [9.17, 15) is 39.9 Å². The highest BCUT2D eigenvalue weighted by Gasteiger charge is 2.54. The number of esters is 1. The molecule has 5 heterocycles. The normalized spacial score (nSPS) is 36.6. The number of benzene rings is 1. The minimum atomic E-state index is -2.01. The molecule has 18 atom stereocenters. The number of hydrogen-bond donors (Lipinski definition) is 5. The number of hydrogen-bond acceptors (Lipinski definition) is 18. The summed E-state index contributed by atoms with van der Waals surface area (Å²) >= 11 is 0. The van der Waals surface area contributed by atoms with Crippen molar-refractivity contribution < 1.29 is 68.3 Å². The van der Waals surface area contributed by atoms with E-state index in [1.165, 1.54) is 31.8 Å². The van der Waals surface area contributed by atoms with Gasteiger partial charge in [0.05, 0.1) is 53.8 Å². The monoisotopic (exact) mass is 1100 g/mol. The van der Waals surface area contributed by atoms with Crippen molar-refractivity contribution in [3.8, 4) is 17.0 Å². The average Bonchev–Trinajstić information content (AvgIpc) is 3.92. The molecule has 3 aliphatic rings. The maximum absolute atomic E-state index is 14.5. The van der Waals surface area contributed by atoms with Gasteiger partial charge in [0.25, 0.3) is 5.56 Å². The molecule has 6 rings (SSSR count). The first-order valence-corrected chi connectivity index (χ1v) is 28.1. The number of ketones is 1. The Hall–Kier alpha value is -4.19. The van der Waals surface area contributed by atoms with Crippen molar-refractivity contribution in [2.75, 3.05) is 21.3 Å². The van der Waals surface area contributed by atoms with Crippen molar-refractivity contribution in [3.63, 3.8) is 0 Å². The molecule has 20 heteroatoms. The summed E-state index contributed by atoms with van der Waals surface area (Å²) in [6.07, 6.45) is -1.22. The molecule has 20 nitrogen and oxygen atoms in total. The first-order chi connectivity index (χ1) is 36.8. The van der Waals surface area contributed by atoms with Crippen LogP contribution in [0, 0.1) is 23.7 Å². The number of ether oxygens (including phenoxy) is 7. The lowest BCUT2D eigenvalue weighted by Gasteiger charge is -2.50.